The van der Waals surface area contributed by atoms with Crippen molar-refractivity contribution >= 4 is 45.0 Å². The van der Waals surface area contributed by atoms with Crippen molar-refractivity contribution in [2.75, 3.05) is 49.7 Å². The summed E-state index contributed by atoms with van der Waals surface area (Å²) in [6.07, 6.45) is 6.47. The number of halogens is 1. The van der Waals surface area contributed by atoms with Gasteiger partial charge in [-0.05, 0) is 96.0 Å². The summed E-state index contributed by atoms with van der Waals surface area (Å²) in [5.74, 6) is 1.03. The van der Waals surface area contributed by atoms with Gasteiger partial charge in [0, 0.05) is 22.3 Å². The average Bonchev–Trinajstić information content (AvgIpc) is 3.47. The van der Waals surface area contributed by atoms with Crippen molar-refractivity contribution in [3.8, 4) is 11.5 Å². The van der Waals surface area contributed by atoms with Crippen LogP contribution >= 0.6 is 15.9 Å². The summed E-state index contributed by atoms with van der Waals surface area (Å²) in [5.41, 5.74) is 4.27. The molecule has 3 heterocycles. The van der Waals surface area contributed by atoms with E-state index in [0.717, 1.165) is 41.0 Å². The highest BCUT2D eigenvalue weighted by molar-refractivity contribution is 9.10. The number of hydrogen-bond acceptors (Lipinski definition) is 6. The Hall–Kier alpha value is -3.33. The number of fused-ring (bicyclic) bond motifs is 2. The molecule has 3 aliphatic rings. The summed E-state index contributed by atoms with van der Waals surface area (Å²) < 4.78 is 18.6. The molecule has 0 bridgehead atoms. The summed E-state index contributed by atoms with van der Waals surface area (Å²) in [7, 11) is 0. The topological polar surface area (TPSA) is 63.3 Å². The molecule has 1 saturated heterocycles. The second-order valence-electron chi connectivity index (χ2n) is 9.58. The Morgan fingerprint density at radius 3 is 2.66 bits per heavy atom. The molecule has 1 fully saturated rings. The van der Waals surface area contributed by atoms with E-state index in [1.807, 2.05) is 30.3 Å². The molecule has 1 N–H and O–H groups in total. The number of anilines is 3. The smallest absolute Gasteiger partial charge is 0.255 e. The molecule has 3 aliphatic heterocycles. The van der Waals surface area contributed by atoms with Crippen LogP contribution < -0.4 is 19.7 Å². The Labute approximate surface area is 231 Å². The number of likely N-dealkylation sites (tertiary alicyclic amines) is 1. The molecule has 38 heavy (non-hydrogen) atoms. The van der Waals surface area contributed by atoms with Crippen LogP contribution in [0.2, 0.25) is 0 Å². The third-order valence-electron chi connectivity index (χ3n) is 7.05. The number of para-hydroxylation sites is 1. The summed E-state index contributed by atoms with van der Waals surface area (Å²) in [4.78, 5) is 17.8. The second kappa shape index (κ2) is 11.2. The van der Waals surface area contributed by atoms with Crippen molar-refractivity contribution in [1.82, 2.24) is 4.90 Å². The number of nitrogens with zero attached hydrogens (tertiary/aromatic N) is 2. The van der Waals surface area contributed by atoms with Crippen LogP contribution in [0.5, 0.6) is 11.5 Å². The average molecular weight is 576 g/mol. The molecule has 0 saturated carbocycles. The number of nitrogens with one attached hydrogen (secondary N) is 1. The van der Waals surface area contributed by atoms with E-state index in [-0.39, 0.29) is 12.1 Å². The van der Waals surface area contributed by atoms with E-state index in [4.69, 9.17) is 14.2 Å². The van der Waals surface area contributed by atoms with Crippen LogP contribution in [0.15, 0.2) is 71.2 Å². The van der Waals surface area contributed by atoms with Crippen molar-refractivity contribution in [2.45, 2.75) is 19.1 Å². The molecule has 0 aromatic heterocycles. The van der Waals surface area contributed by atoms with Crippen LogP contribution in [-0.4, -0.2) is 56.5 Å². The molecule has 0 aliphatic carbocycles. The van der Waals surface area contributed by atoms with E-state index in [2.05, 4.69) is 55.3 Å². The first kappa shape index (κ1) is 25.0. The maximum atomic E-state index is 13.1. The molecule has 196 valence electrons. The van der Waals surface area contributed by atoms with Gasteiger partial charge in [-0.2, -0.15) is 0 Å². The Bertz CT molecular complexity index is 1360. The molecule has 3 aromatic carbocycles. The van der Waals surface area contributed by atoms with Crippen LogP contribution in [-0.2, 0) is 4.74 Å². The zero-order valence-electron chi connectivity index (χ0n) is 21.1. The van der Waals surface area contributed by atoms with Crippen molar-refractivity contribution in [3.63, 3.8) is 0 Å². The first-order valence-electron chi connectivity index (χ1n) is 13.1. The van der Waals surface area contributed by atoms with Gasteiger partial charge in [0.15, 0.2) is 17.7 Å². The van der Waals surface area contributed by atoms with Crippen molar-refractivity contribution in [1.29, 1.82) is 0 Å². The number of hydrogen-bond donors (Lipinski definition) is 1. The molecular formula is C30H30BrN3O4. The molecule has 8 heteroatoms. The zero-order valence-corrected chi connectivity index (χ0v) is 22.7. The Morgan fingerprint density at radius 1 is 0.974 bits per heavy atom. The largest absolute Gasteiger partial charge is 0.486 e. The summed E-state index contributed by atoms with van der Waals surface area (Å²) in [5, 5.41) is 3.04. The van der Waals surface area contributed by atoms with Gasteiger partial charge in [0.2, 0.25) is 0 Å². The number of rotatable bonds is 7. The fourth-order valence-corrected chi connectivity index (χ4v) is 5.56. The molecule has 1 unspecified atom stereocenters. The number of carbonyl (C=O) groups is 1. The van der Waals surface area contributed by atoms with Crippen molar-refractivity contribution in [2.24, 2.45) is 0 Å². The Kier molecular flexibility index (Phi) is 7.35. The lowest BCUT2D eigenvalue weighted by molar-refractivity contribution is 0.0726. The third-order valence-corrected chi connectivity index (χ3v) is 7.72. The normalized spacial score (nSPS) is 18.3. The molecule has 1 atom stereocenters. The van der Waals surface area contributed by atoms with Gasteiger partial charge in [-0.15, -0.1) is 0 Å². The van der Waals surface area contributed by atoms with E-state index in [1.165, 1.54) is 12.8 Å². The molecule has 6 rings (SSSR count). The highest BCUT2D eigenvalue weighted by atomic mass is 79.9. The first-order valence-corrected chi connectivity index (χ1v) is 13.9. The second-order valence-corrected chi connectivity index (χ2v) is 10.4. The quantitative estimate of drug-likeness (QED) is 0.368. The number of carbonyl (C=O) groups excluding carboxylic acids is 1. The highest BCUT2D eigenvalue weighted by Gasteiger charge is 2.27. The minimum atomic E-state index is -0.271. The van der Waals surface area contributed by atoms with Gasteiger partial charge in [0.1, 0.15) is 13.2 Å². The van der Waals surface area contributed by atoms with Gasteiger partial charge in [0.25, 0.3) is 5.91 Å². The SMILES string of the molecule is O=C(Nc1ccc(Br)c(N2c3ccccc3C=CC2OCCN2CCCC2)c1)c1ccc2c(c1)OCCO2. The van der Waals surface area contributed by atoms with Crippen LogP contribution in [0, 0.1) is 0 Å². The minimum Gasteiger partial charge on any atom is -0.486 e. The van der Waals surface area contributed by atoms with E-state index >= 15 is 0 Å². The minimum absolute atomic E-state index is 0.215. The predicted molar refractivity (Wildman–Crippen MR) is 153 cm³/mol. The van der Waals surface area contributed by atoms with Crippen LogP contribution in [0.25, 0.3) is 6.08 Å². The lowest BCUT2D eigenvalue weighted by Gasteiger charge is -2.36. The van der Waals surface area contributed by atoms with Gasteiger partial charge in [-0.25, -0.2) is 0 Å². The Balaban J connectivity index is 1.25. The van der Waals surface area contributed by atoms with Gasteiger partial charge in [-0.3, -0.25) is 4.79 Å². The first-order chi connectivity index (χ1) is 18.7. The summed E-state index contributed by atoms with van der Waals surface area (Å²) in [6, 6.07) is 19.3. The van der Waals surface area contributed by atoms with Gasteiger partial charge in [-0.1, -0.05) is 24.3 Å². The number of amides is 1. The molecular weight excluding hydrogens is 546 g/mol. The van der Waals surface area contributed by atoms with E-state index in [1.54, 1.807) is 18.2 Å². The fraction of sp³-hybridized carbons (Fsp3) is 0.300. The summed E-state index contributed by atoms with van der Waals surface area (Å²) in [6.45, 7) is 4.85. The highest BCUT2D eigenvalue weighted by Crippen LogP contribution is 2.41. The van der Waals surface area contributed by atoms with Gasteiger partial charge in [0.05, 0.1) is 18.0 Å². The van der Waals surface area contributed by atoms with Crippen molar-refractivity contribution < 1.29 is 19.0 Å². The van der Waals surface area contributed by atoms with E-state index < -0.39 is 0 Å². The maximum Gasteiger partial charge on any atom is 0.255 e. The number of benzene rings is 3. The van der Waals surface area contributed by atoms with E-state index in [9.17, 15) is 4.79 Å². The third kappa shape index (κ3) is 5.29. The van der Waals surface area contributed by atoms with Crippen LogP contribution in [0.4, 0.5) is 17.1 Å². The predicted octanol–water partition coefficient (Wildman–Crippen LogP) is 6.08. The van der Waals surface area contributed by atoms with Gasteiger partial charge < -0.3 is 29.3 Å². The molecule has 1 amide bonds. The van der Waals surface area contributed by atoms with Crippen LogP contribution in [0.3, 0.4) is 0 Å². The monoisotopic (exact) mass is 575 g/mol. The van der Waals surface area contributed by atoms with Crippen molar-refractivity contribution in [3.05, 3.63) is 82.3 Å². The standard InChI is InChI=1S/C30H30BrN3O4/c31-24-10-9-23(32-30(35)22-7-11-27-28(19-22)37-18-17-36-27)20-26(24)34-25-6-2-1-5-21(25)8-12-29(34)38-16-15-33-13-3-4-14-33/h1-2,5-12,19-20,29H,3-4,13-18H2,(H,32,35). The molecule has 0 spiro atoms. The fourth-order valence-electron chi connectivity index (χ4n) is 5.13. The Morgan fingerprint density at radius 2 is 1.79 bits per heavy atom. The van der Waals surface area contributed by atoms with E-state index in [0.29, 0.717) is 42.6 Å². The number of ether oxygens (including phenoxy) is 3. The molecule has 0 radical (unpaired) electrons. The van der Waals surface area contributed by atoms with Gasteiger partial charge >= 0.3 is 0 Å². The molecule has 3 aromatic rings. The lowest BCUT2D eigenvalue weighted by atomic mass is 10.1. The summed E-state index contributed by atoms with van der Waals surface area (Å²) >= 11 is 3.75. The molecule has 7 nitrogen and oxygen atoms in total. The lowest BCUT2D eigenvalue weighted by Crippen LogP contribution is -2.36. The zero-order chi connectivity index (χ0) is 25.9. The maximum absolute atomic E-state index is 13.1. The van der Waals surface area contributed by atoms with Crippen LogP contribution in [0.1, 0.15) is 28.8 Å².